The number of nitrogens with zero attached hydrogens (tertiary/aromatic N) is 5. The number of amides is 1. The summed E-state index contributed by atoms with van der Waals surface area (Å²) in [6.07, 6.45) is 2.71. The van der Waals surface area contributed by atoms with Gasteiger partial charge in [0.05, 0.1) is 10.5 Å². The first-order chi connectivity index (χ1) is 11.5. The zero-order valence-corrected chi connectivity index (χ0v) is 13.4. The Bertz CT molecular complexity index is 743. The third kappa shape index (κ3) is 3.43. The van der Waals surface area contributed by atoms with Gasteiger partial charge in [-0.25, -0.2) is 9.97 Å². The van der Waals surface area contributed by atoms with Gasteiger partial charge in [-0.3, -0.25) is 14.9 Å². The molecule has 2 aromatic rings. The summed E-state index contributed by atoms with van der Waals surface area (Å²) in [6.45, 7) is 2.30. The van der Waals surface area contributed by atoms with Crippen LogP contribution in [0.4, 0.5) is 11.5 Å². The first-order valence-corrected chi connectivity index (χ1v) is 7.68. The number of piperazine rings is 1. The average Bonchev–Trinajstić information content (AvgIpc) is 2.62. The number of rotatable bonds is 3. The van der Waals surface area contributed by atoms with Crippen molar-refractivity contribution in [2.45, 2.75) is 0 Å². The summed E-state index contributed by atoms with van der Waals surface area (Å²) in [6, 6.07) is 6.30. The van der Waals surface area contributed by atoms with E-state index in [1.54, 1.807) is 23.1 Å². The highest BCUT2D eigenvalue weighted by molar-refractivity contribution is 6.29. The number of anilines is 1. The predicted molar refractivity (Wildman–Crippen MR) is 88.3 cm³/mol. The zero-order chi connectivity index (χ0) is 17.1. The van der Waals surface area contributed by atoms with E-state index >= 15 is 0 Å². The third-order valence-corrected chi connectivity index (χ3v) is 4.03. The van der Waals surface area contributed by atoms with Gasteiger partial charge in [0.1, 0.15) is 17.2 Å². The topological polar surface area (TPSA) is 92.5 Å². The molecular formula is C15H14ClN5O3. The van der Waals surface area contributed by atoms with Crippen LogP contribution in [0.1, 0.15) is 10.4 Å². The molecule has 1 saturated heterocycles. The molecule has 0 aromatic carbocycles. The highest BCUT2D eigenvalue weighted by Gasteiger charge is 2.23. The SMILES string of the molecule is O=C(c1ccc(Cl)nc1)N1CCN(c2ccc([N+](=O)[O-])cn2)CC1. The molecule has 0 atom stereocenters. The number of nitro groups is 1. The van der Waals surface area contributed by atoms with Crippen LogP contribution in [0.2, 0.25) is 5.15 Å². The quantitative estimate of drug-likeness (QED) is 0.479. The largest absolute Gasteiger partial charge is 0.353 e. The van der Waals surface area contributed by atoms with Crippen LogP contribution < -0.4 is 4.90 Å². The van der Waals surface area contributed by atoms with Gasteiger partial charge in [-0.05, 0) is 18.2 Å². The second-order valence-corrected chi connectivity index (χ2v) is 5.67. The van der Waals surface area contributed by atoms with Gasteiger partial charge < -0.3 is 9.80 Å². The monoisotopic (exact) mass is 347 g/mol. The molecule has 1 aliphatic rings. The van der Waals surface area contributed by atoms with E-state index in [2.05, 4.69) is 9.97 Å². The van der Waals surface area contributed by atoms with Gasteiger partial charge in [-0.15, -0.1) is 0 Å². The molecule has 8 nitrogen and oxygen atoms in total. The second kappa shape index (κ2) is 6.79. The van der Waals surface area contributed by atoms with E-state index < -0.39 is 4.92 Å². The van der Waals surface area contributed by atoms with Crippen LogP contribution in [-0.4, -0.2) is 51.9 Å². The van der Waals surface area contributed by atoms with Crippen LogP contribution in [0.3, 0.4) is 0 Å². The summed E-state index contributed by atoms with van der Waals surface area (Å²) < 4.78 is 0. The lowest BCUT2D eigenvalue weighted by atomic mass is 10.2. The van der Waals surface area contributed by atoms with Gasteiger partial charge in [0, 0.05) is 38.4 Å². The van der Waals surface area contributed by atoms with Gasteiger partial charge in [0.2, 0.25) is 0 Å². The first-order valence-electron chi connectivity index (χ1n) is 7.31. The normalized spacial score (nSPS) is 14.5. The van der Waals surface area contributed by atoms with E-state index in [0.717, 1.165) is 0 Å². The highest BCUT2D eigenvalue weighted by Crippen LogP contribution is 2.18. The van der Waals surface area contributed by atoms with E-state index in [-0.39, 0.29) is 11.6 Å². The molecule has 0 bridgehead atoms. The molecule has 0 spiro atoms. The molecule has 0 radical (unpaired) electrons. The number of aromatic nitrogens is 2. The lowest BCUT2D eigenvalue weighted by Gasteiger charge is -2.35. The summed E-state index contributed by atoms with van der Waals surface area (Å²) >= 11 is 5.73. The van der Waals surface area contributed by atoms with E-state index in [9.17, 15) is 14.9 Å². The first kappa shape index (κ1) is 16.1. The zero-order valence-electron chi connectivity index (χ0n) is 12.6. The fraction of sp³-hybridized carbons (Fsp3) is 0.267. The van der Waals surface area contributed by atoms with Gasteiger partial charge in [0.25, 0.3) is 11.6 Å². The molecule has 2 aromatic heterocycles. The van der Waals surface area contributed by atoms with Crippen LogP contribution in [-0.2, 0) is 0 Å². The lowest BCUT2D eigenvalue weighted by Crippen LogP contribution is -2.49. The molecule has 124 valence electrons. The standard InChI is InChI=1S/C15H14ClN5O3/c16-13-3-1-11(9-17-13)15(22)20-7-5-19(6-8-20)14-4-2-12(10-18-14)21(23)24/h1-4,9-10H,5-8H2. The Kier molecular flexibility index (Phi) is 4.57. The maximum atomic E-state index is 12.4. The summed E-state index contributed by atoms with van der Waals surface area (Å²) in [5, 5.41) is 11.0. The number of pyridine rings is 2. The number of carbonyl (C=O) groups is 1. The molecule has 1 amide bonds. The number of halogens is 1. The Balaban J connectivity index is 1.62. The maximum absolute atomic E-state index is 12.4. The minimum Gasteiger partial charge on any atom is -0.353 e. The van der Waals surface area contributed by atoms with E-state index in [0.29, 0.717) is 42.7 Å². The van der Waals surface area contributed by atoms with E-state index in [4.69, 9.17) is 11.6 Å². The van der Waals surface area contributed by atoms with Crippen molar-refractivity contribution in [1.29, 1.82) is 0 Å². The Morgan fingerprint density at radius 1 is 1.08 bits per heavy atom. The van der Waals surface area contributed by atoms with Gasteiger partial charge >= 0.3 is 0 Å². The van der Waals surface area contributed by atoms with Crippen molar-refractivity contribution in [3.8, 4) is 0 Å². The lowest BCUT2D eigenvalue weighted by molar-refractivity contribution is -0.385. The second-order valence-electron chi connectivity index (χ2n) is 5.28. The molecule has 24 heavy (non-hydrogen) atoms. The van der Waals surface area contributed by atoms with Crippen molar-refractivity contribution in [1.82, 2.24) is 14.9 Å². The number of hydrogen-bond acceptors (Lipinski definition) is 6. The minimum absolute atomic E-state index is 0.0391. The molecule has 1 aliphatic heterocycles. The molecular weight excluding hydrogens is 334 g/mol. The van der Waals surface area contributed by atoms with Crippen LogP contribution in [0.25, 0.3) is 0 Å². The van der Waals surface area contributed by atoms with Crippen LogP contribution in [0.5, 0.6) is 0 Å². The van der Waals surface area contributed by atoms with Crippen molar-refractivity contribution < 1.29 is 9.72 Å². The van der Waals surface area contributed by atoms with Gasteiger partial charge in [-0.1, -0.05) is 11.6 Å². The summed E-state index contributed by atoms with van der Waals surface area (Å²) in [5.74, 6) is 0.580. The van der Waals surface area contributed by atoms with Gasteiger partial charge in [-0.2, -0.15) is 0 Å². The Labute approximate surface area is 142 Å². The fourth-order valence-electron chi connectivity index (χ4n) is 2.50. The van der Waals surface area contributed by atoms with Crippen molar-refractivity contribution in [2.75, 3.05) is 31.1 Å². The highest BCUT2D eigenvalue weighted by atomic mass is 35.5. The minimum atomic E-state index is -0.479. The smallest absolute Gasteiger partial charge is 0.287 e. The Hall–Kier alpha value is -2.74. The Morgan fingerprint density at radius 3 is 2.38 bits per heavy atom. The van der Waals surface area contributed by atoms with Crippen molar-refractivity contribution in [3.05, 3.63) is 57.5 Å². The summed E-state index contributed by atoms with van der Waals surface area (Å²) in [7, 11) is 0. The summed E-state index contributed by atoms with van der Waals surface area (Å²) in [5.41, 5.74) is 0.462. The molecule has 1 fully saturated rings. The van der Waals surface area contributed by atoms with Crippen molar-refractivity contribution in [3.63, 3.8) is 0 Å². The van der Waals surface area contributed by atoms with E-state index in [1.165, 1.54) is 18.5 Å². The van der Waals surface area contributed by atoms with Gasteiger partial charge in [0.15, 0.2) is 0 Å². The number of carbonyl (C=O) groups excluding carboxylic acids is 1. The van der Waals surface area contributed by atoms with E-state index in [1.807, 2.05) is 4.90 Å². The van der Waals surface area contributed by atoms with Crippen molar-refractivity contribution >= 4 is 29.0 Å². The fourth-order valence-corrected chi connectivity index (χ4v) is 2.61. The molecule has 0 N–H and O–H groups in total. The van der Waals surface area contributed by atoms with Crippen LogP contribution in [0.15, 0.2) is 36.7 Å². The van der Waals surface area contributed by atoms with Crippen LogP contribution in [0, 0.1) is 10.1 Å². The van der Waals surface area contributed by atoms with Crippen LogP contribution >= 0.6 is 11.6 Å². The predicted octanol–water partition coefficient (Wildman–Crippen LogP) is 2.00. The maximum Gasteiger partial charge on any atom is 0.287 e. The molecule has 0 saturated carbocycles. The molecule has 0 unspecified atom stereocenters. The summed E-state index contributed by atoms with van der Waals surface area (Å²) in [4.78, 5) is 34.4. The molecule has 3 heterocycles. The Morgan fingerprint density at radius 2 is 1.83 bits per heavy atom. The molecule has 3 rings (SSSR count). The van der Waals surface area contributed by atoms with Crippen molar-refractivity contribution in [2.24, 2.45) is 0 Å². The average molecular weight is 348 g/mol. The number of hydrogen-bond donors (Lipinski definition) is 0. The third-order valence-electron chi connectivity index (χ3n) is 3.81. The molecule has 0 aliphatic carbocycles. The molecule has 9 heteroatoms.